The molecule has 0 aromatic rings. The molecule has 2 heteroatoms. The smallest absolute Gasteiger partial charge is 0.134 e. The Hall–Kier alpha value is -0.370. The van der Waals surface area contributed by atoms with E-state index in [0.717, 1.165) is 12.8 Å². The van der Waals surface area contributed by atoms with Crippen LogP contribution in [-0.4, -0.2) is 11.8 Å². The zero-order valence-corrected chi connectivity index (χ0v) is 10.6. The molecule has 0 heterocycles. The highest BCUT2D eigenvalue weighted by molar-refractivity contribution is 5.78. The van der Waals surface area contributed by atoms with Crippen LogP contribution in [0, 0.1) is 5.92 Å². The summed E-state index contributed by atoms with van der Waals surface area (Å²) >= 11 is 0. The predicted octanol–water partition coefficient (Wildman–Crippen LogP) is 3.29. The van der Waals surface area contributed by atoms with Crippen LogP contribution in [0.3, 0.4) is 0 Å². The average molecular weight is 213 g/mol. The van der Waals surface area contributed by atoms with Gasteiger partial charge in [0.25, 0.3) is 0 Å². The van der Waals surface area contributed by atoms with Crippen LogP contribution in [0.25, 0.3) is 0 Å². The molecule has 0 aliphatic rings. The van der Waals surface area contributed by atoms with Gasteiger partial charge in [0, 0.05) is 18.9 Å². The lowest BCUT2D eigenvalue weighted by Gasteiger charge is -2.14. The van der Waals surface area contributed by atoms with Gasteiger partial charge in [-0.05, 0) is 12.3 Å². The topological polar surface area (TPSA) is 43.1 Å². The third-order valence-corrected chi connectivity index (χ3v) is 2.88. The molecule has 0 aromatic carbocycles. The summed E-state index contributed by atoms with van der Waals surface area (Å²) in [6.07, 6.45) is 7.33. The Morgan fingerprint density at radius 1 is 1.13 bits per heavy atom. The van der Waals surface area contributed by atoms with Crippen LogP contribution >= 0.6 is 0 Å². The highest BCUT2D eigenvalue weighted by Gasteiger charge is 2.12. The van der Waals surface area contributed by atoms with E-state index in [1.165, 1.54) is 25.7 Å². The summed E-state index contributed by atoms with van der Waals surface area (Å²) in [5.74, 6) is 0.752. The molecule has 1 unspecified atom stereocenters. The summed E-state index contributed by atoms with van der Waals surface area (Å²) in [7, 11) is 0. The Morgan fingerprint density at radius 2 is 1.73 bits per heavy atom. The van der Waals surface area contributed by atoms with Crippen LogP contribution in [-0.2, 0) is 4.79 Å². The Morgan fingerprint density at radius 3 is 2.27 bits per heavy atom. The van der Waals surface area contributed by atoms with Crippen molar-refractivity contribution in [3.63, 3.8) is 0 Å². The van der Waals surface area contributed by atoms with E-state index in [1.807, 2.05) is 0 Å². The second-order valence-corrected chi connectivity index (χ2v) is 4.81. The molecule has 0 saturated carbocycles. The molecule has 0 aromatic heterocycles. The highest BCUT2D eigenvalue weighted by Crippen LogP contribution is 2.09. The molecule has 0 spiro atoms. The van der Waals surface area contributed by atoms with Crippen molar-refractivity contribution in [1.29, 1.82) is 0 Å². The number of rotatable bonds is 9. The van der Waals surface area contributed by atoms with Gasteiger partial charge >= 0.3 is 0 Å². The maximum atomic E-state index is 11.5. The van der Waals surface area contributed by atoms with Crippen LogP contribution in [0.5, 0.6) is 0 Å². The quantitative estimate of drug-likeness (QED) is 0.597. The van der Waals surface area contributed by atoms with E-state index < -0.39 is 0 Å². The summed E-state index contributed by atoms with van der Waals surface area (Å²) in [6.45, 7) is 6.34. The van der Waals surface area contributed by atoms with E-state index in [4.69, 9.17) is 5.73 Å². The van der Waals surface area contributed by atoms with Gasteiger partial charge in [0.1, 0.15) is 5.78 Å². The summed E-state index contributed by atoms with van der Waals surface area (Å²) < 4.78 is 0. The highest BCUT2D eigenvalue weighted by atomic mass is 16.1. The normalized spacial score (nSPS) is 13.1. The van der Waals surface area contributed by atoms with Crippen molar-refractivity contribution in [3.05, 3.63) is 0 Å². The van der Waals surface area contributed by atoms with Gasteiger partial charge in [-0.2, -0.15) is 0 Å². The third-order valence-electron chi connectivity index (χ3n) is 2.88. The van der Waals surface area contributed by atoms with E-state index in [2.05, 4.69) is 20.8 Å². The van der Waals surface area contributed by atoms with Crippen molar-refractivity contribution in [2.75, 3.05) is 0 Å². The van der Waals surface area contributed by atoms with Gasteiger partial charge < -0.3 is 5.73 Å². The molecule has 0 radical (unpaired) electrons. The minimum Gasteiger partial charge on any atom is -0.327 e. The minimum atomic E-state index is 0.0492. The van der Waals surface area contributed by atoms with Crippen molar-refractivity contribution in [3.8, 4) is 0 Å². The zero-order chi connectivity index (χ0) is 11.7. The second-order valence-electron chi connectivity index (χ2n) is 4.81. The molecule has 0 amide bonds. The fraction of sp³-hybridized carbons (Fsp3) is 0.923. The lowest BCUT2D eigenvalue weighted by atomic mass is 9.97. The molecule has 0 aliphatic carbocycles. The summed E-state index contributed by atoms with van der Waals surface area (Å²) in [5.41, 5.74) is 5.85. The van der Waals surface area contributed by atoms with Crippen molar-refractivity contribution in [2.24, 2.45) is 11.7 Å². The van der Waals surface area contributed by atoms with E-state index in [9.17, 15) is 4.79 Å². The standard InChI is InChI=1S/C13H27NO/c1-4-5-6-7-8-9-12(15)10-13(14)11(2)3/h11,13H,4-10,14H2,1-3H3. The molecule has 0 saturated heterocycles. The molecule has 15 heavy (non-hydrogen) atoms. The number of hydrogen-bond donors (Lipinski definition) is 1. The molecule has 2 nitrogen and oxygen atoms in total. The number of hydrogen-bond acceptors (Lipinski definition) is 2. The van der Waals surface area contributed by atoms with E-state index in [1.54, 1.807) is 0 Å². The van der Waals surface area contributed by atoms with Gasteiger partial charge in [0.05, 0.1) is 0 Å². The molecule has 90 valence electrons. The number of ketones is 1. The Kier molecular flexibility index (Phi) is 8.68. The minimum absolute atomic E-state index is 0.0492. The SMILES string of the molecule is CCCCCCCC(=O)CC(N)C(C)C. The van der Waals surface area contributed by atoms with Crippen molar-refractivity contribution < 1.29 is 4.79 Å². The number of nitrogens with two attached hydrogens (primary N) is 1. The van der Waals surface area contributed by atoms with Gasteiger partial charge in [0.2, 0.25) is 0 Å². The fourth-order valence-electron chi connectivity index (χ4n) is 1.53. The summed E-state index contributed by atoms with van der Waals surface area (Å²) in [4.78, 5) is 11.5. The van der Waals surface area contributed by atoms with Crippen LogP contribution in [0.15, 0.2) is 0 Å². The first-order chi connectivity index (χ1) is 7.07. The predicted molar refractivity (Wildman–Crippen MR) is 65.8 cm³/mol. The monoisotopic (exact) mass is 213 g/mol. The van der Waals surface area contributed by atoms with Gasteiger partial charge in [-0.1, -0.05) is 46.5 Å². The number of Topliss-reactive ketones (excluding diaryl/α,β-unsaturated/α-hetero) is 1. The maximum absolute atomic E-state index is 11.5. The first kappa shape index (κ1) is 14.6. The molecule has 0 bridgehead atoms. The fourth-order valence-corrected chi connectivity index (χ4v) is 1.53. The molecule has 2 N–H and O–H groups in total. The largest absolute Gasteiger partial charge is 0.327 e. The third kappa shape index (κ3) is 8.61. The average Bonchev–Trinajstić information content (AvgIpc) is 2.17. The molecule has 1 atom stereocenters. The van der Waals surface area contributed by atoms with Crippen molar-refractivity contribution in [1.82, 2.24) is 0 Å². The van der Waals surface area contributed by atoms with Crippen LogP contribution in [0.2, 0.25) is 0 Å². The number of carbonyl (C=O) groups is 1. The first-order valence-electron chi connectivity index (χ1n) is 6.35. The second kappa shape index (κ2) is 8.90. The summed E-state index contributed by atoms with van der Waals surface area (Å²) in [6, 6.07) is 0.0492. The van der Waals surface area contributed by atoms with E-state index in [-0.39, 0.29) is 6.04 Å². The molecular weight excluding hydrogens is 186 g/mol. The maximum Gasteiger partial charge on any atom is 0.134 e. The lowest BCUT2D eigenvalue weighted by molar-refractivity contribution is -0.119. The van der Waals surface area contributed by atoms with E-state index >= 15 is 0 Å². The Balaban J connectivity index is 3.41. The van der Waals surface area contributed by atoms with Crippen molar-refractivity contribution in [2.45, 2.75) is 71.8 Å². The van der Waals surface area contributed by atoms with Gasteiger partial charge in [-0.25, -0.2) is 0 Å². The van der Waals surface area contributed by atoms with Crippen LogP contribution < -0.4 is 5.73 Å². The number of unbranched alkanes of at least 4 members (excludes halogenated alkanes) is 4. The Labute approximate surface area is 94.6 Å². The lowest BCUT2D eigenvalue weighted by Crippen LogP contribution is -2.29. The first-order valence-corrected chi connectivity index (χ1v) is 6.35. The van der Waals surface area contributed by atoms with Gasteiger partial charge in [-0.3, -0.25) is 4.79 Å². The number of carbonyl (C=O) groups excluding carboxylic acids is 1. The summed E-state index contributed by atoms with van der Waals surface area (Å²) in [5, 5.41) is 0. The van der Waals surface area contributed by atoms with Gasteiger partial charge in [0.15, 0.2) is 0 Å². The molecule has 0 aliphatic heterocycles. The van der Waals surface area contributed by atoms with Crippen LogP contribution in [0.1, 0.15) is 65.7 Å². The van der Waals surface area contributed by atoms with E-state index in [0.29, 0.717) is 18.1 Å². The molecule has 0 rings (SSSR count). The molecular formula is C13H27NO. The Bertz CT molecular complexity index is 166. The molecule has 0 fully saturated rings. The van der Waals surface area contributed by atoms with Crippen LogP contribution in [0.4, 0.5) is 0 Å². The zero-order valence-electron chi connectivity index (χ0n) is 10.6. The van der Waals surface area contributed by atoms with Gasteiger partial charge in [-0.15, -0.1) is 0 Å². The van der Waals surface area contributed by atoms with Crippen molar-refractivity contribution >= 4 is 5.78 Å².